The van der Waals surface area contributed by atoms with Crippen molar-refractivity contribution in [3.05, 3.63) is 128 Å². The highest BCUT2D eigenvalue weighted by atomic mass is 35.5. The number of carbonyl (C=O) groups excluding carboxylic acids is 1. The summed E-state index contributed by atoms with van der Waals surface area (Å²) in [6.07, 6.45) is 2.65. The minimum absolute atomic E-state index is 0.0699. The molecule has 286 valence electrons. The quantitative estimate of drug-likeness (QED) is 0.0846. The molecule has 6 rings (SSSR count). The number of rotatable bonds is 12. The summed E-state index contributed by atoms with van der Waals surface area (Å²) in [4.78, 5) is 24.2. The first kappa shape index (κ1) is 39.3. The first-order chi connectivity index (χ1) is 25.3. The number of amides is 1. The molecule has 1 unspecified atom stereocenters. The maximum atomic E-state index is 15.4. The number of nitrogens with zero attached hydrogens (tertiary/aromatic N) is 1. The van der Waals surface area contributed by atoms with Gasteiger partial charge in [0, 0.05) is 17.3 Å². The van der Waals surface area contributed by atoms with Gasteiger partial charge in [-0.3, -0.25) is 4.79 Å². The molecule has 15 heteroatoms. The first-order valence-corrected chi connectivity index (χ1v) is 18.9. The molecule has 1 amide bonds. The molecule has 0 bridgehead atoms. The van der Waals surface area contributed by atoms with Gasteiger partial charge in [-0.2, -0.15) is 4.31 Å². The van der Waals surface area contributed by atoms with Crippen LogP contribution in [0.4, 0.5) is 32.0 Å². The van der Waals surface area contributed by atoms with Crippen molar-refractivity contribution in [2.24, 2.45) is 0 Å². The van der Waals surface area contributed by atoms with E-state index in [2.05, 4.69) is 5.32 Å². The van der Waals surface area contributed by atoms with Gasteiger partial charge in [-0.1, -0.05) is 56.6 Å². The number of sulfonamides is 1. The fraction of sp³-hybridized carbons (Fsp3) is 0.333. The number of carboxylic acids is 1. The van der Waals surface area contributed by atoms with Crippen LogP contribution in [-0.2, 0) is 33.2 Å². The highest BCUT2D eigenvalue weighted by Crippen LogP contribution is 2.45. The van der Waals surface area contributed by atoms with Crippen LogP contribution < -0.4 is 5.32 Å². The lowest BCUT2D eigenvalue weighted by Crippen LogP contribution is -2.48. The Morgan fingerprint density at radius 1 is 0.852 bits per heavy atom. The molecule has 0 heterocycles. The standard InChI is InChI=1S/C39H35ClF6N2O5S/c1-39(2,3)25-13-19(12-24(15-25)20-4-5-20)14-30(37(49)47-29-11-9-22(38(50)51)16-27(29)21-6-7-21)48(18-23-8-10-26(41)17-28(23)40)54(52,53)36-34(45)32(43)31(42)33(44)35(36)46/h8-13,15-17,20-21,30H,4-7,14,18H2,1-3H3,(H,47,49)(H,50,51). The van der Waals surface area contributed by atoms with E-state index in [1.165, 1.54) is 18.2 Å². The van der Waals surface area contributed by atoms with E-state index >= 15 is 8.78 Å². The van der Waals surface area contributed by atoms with Crippen LogP contribution in [0.15, 0.2) is 59.5 Å². The molecule has 4 aromatic carbocycles. The summed E-state index contributed by atoms with van der Waals surface area (Å²) in [6, 6.07) is 10.3. The topological polar surface area (TPSA) is 104 Å². The van der Waals surface area contributed by atoms with Crippen LogP contribution in [-0.4, -0.2) is 35.7 Å². The molecule has 2 fully saturated rings. The van der Waals surface area contributed by atoms with Gasteiger partial charge >= 0.3 is 5.97 Å². The lowest BCUT2D eigenvalue weighted by Gasteiger charge is -2.32. The number of aromatic carboxylic acids is 1. The van der Waals surface area contributed by atoms with Gasteiger partial charge in [0.1, 0.15) is 11.9 Å². The van der Waals surface area contributed by atoms with Gasteiger partial charge in [0.2, 0.25) is 21.7 Å². The minimum Gasteiger partial charge on any atom is -0.478 e. The Morgan fingerprint density at radius 2 is 1.46 bits per heavy atom. The van der Waals surface area contributed by atoms with Crippen LogP contribution in [0, 0.1) is 34.9 Å². The summed E-state index contributed by atoms with van der Waals surface area (Å²) in [5.74, 6) is -16.0. The molecule has 4 aromatic rings. The summed E-state index contributed by atoms with van der Waals surface area (Å²) in [5, 5.41) is 11.9. The first-order valence-electron chi connectivity index (χ1n) is 17.1. The van der Waals surface area contributed by atoms with E-state index < -0.39 is 86.1 Å². The predicted octanol–water partition coefficient (Wildman–Crippen LogP) is 9.37. The monoisotopic (exact) mass is 792 g/mol. The molecular weight excluding hydrogens is 758 g/mol. The Bertz CT molecular complexity index is 2260. The van der Waals surface area contributed by atoms with Crippen LogP contribution in [0.5, 0.6) is 0 Å². The van der Waals surface area contributed by atoms with Crippen LogP contribution in [0.2, 0.25) is 5.02 Å². The Kier molecular flexibility index (Phi) is 10.7. The zero-order valence-electron chi connectivity index (χ0n) is 29.3. The number of nitrogens with one attached hydrogen (secondary N) is 1. The SMILES string of the molecule is CC(C)(C)c1cc(CC(C(=O)Nc2ccc(C(=O)O)cc2C2CC2)N(Cc2ccc(F)cc2Cl)S(=O)(=O)c2c(F)c(F)c(F)c(F)c2F)cc(C2CC2)c1. The Morgan fingerprint density at radius 3 is 2.02 bits per heavy atom. The van der Waals surface area contributed by atoms with Gasteiger partial charge in [-0.15, -0.1) is 0 Å². The highest BCUT2D eigenvalue weighted by molar-refractivity contribution is 7.89. The van der Waals surface area contributed by atoms with E-state index in [4.69, 9.17) is 11.6 Å². The number of carboxylic acid groups (broad SMARTS) is 1. The number of halogens is 7. The van der Waals surface area contributed by atoms with Crippen molar-refractivity contribution in [3.8, 4) is 0 Å². The molecule has 0 aromatic heterocycles. The van der Waals surface area contributed by atoms with Gasteiger partial charge in [-0.05, 0) is 108 Å². The maximum absolute atomic E-state index is 15.4. The van der Waals surface area contributed by atoms with Crippen LogP contribution in [0.1, 0.15) is 96.5 Å². The molecule has 2 aliphatic rings. The van der Waals surface area contributed by atoms with Crippen LogP contribution in [0.3, 0.4) is 0 Å². The zero-order valence-corrected chi connectivity index (χ0v) is 30.8. The van der Waals surface area contributed by atoms with Crippen molar-refractivity contribution in [2.75, 3.05) is 5.32 Å². The molecule has 54 heavy (non-hydrogen) atoms. The Hall–Kier alpha value is -4.40. The molecule has 0 spiro atoms. The van der Waals surface area contributed by atoms with Crippen molar-refractivity contribution < 1.29 is 49.5 Å². The van der Waals surface area contributed by atoms with E-state index in [1.807, 2.05) is 26.8 Å². The molecule has 2 aliphatic carbocycles. The lowest BCUT2D eigenvalue weighted by atomic mass is 9.83. The largest absolute Gasteiger partial charge is 0.478 e. The molecule has 2 N–H and O–H groups in total. The summed E-state index contributed by atoms with van der Waals surface area (Å²) >= 11 is 6.29. The molecule has 0 saturated heterocycles. The van der Waals surface area contributed by atoms with Crippen molar-refractivity contribution in [3.63, 3.8) is 0 Å². The van der Waals surface area contributed by atoms with Crippen LogP contribution in [0.25, 0.3) is 0 Å². The molecule has 7 nitrogen and oxygen atoms in total. The van der Waals surface area contributed by atoms with Crippen LogP contribution >= 0.6 is 11.6 Å². The van der Waals surface area contributed by atoms with Gasteiger partial charge in [0.15, 0.2) is 28.2 Å². The number of carbonyl (C=O) groups is 2. The van der Waals surface area contributed by atoms with Crippen molar-refractivity contribution in [1.82, 2.24) is 4.31 Å². The average Bonchev–Trinajstić information content (AvgIpc) is 4.03. The molecule has 0 aliphatic heterocycles. The minimum atomic E-state index is -5.84. The number of anilines is 1. The summed E-state index contributed by atoms with van der Waals surface area (Å²) in [6.45, 7) is 4.87. The van der Waals surface area contributed by atoms with E-state index in [-0.39, 0.29) is 33.7 Å². The van der Waals surface area contributed by atoms with E-state index in [0.29, 0.717) is 28.3 Å². The van der Waals surface area contributed by atoms with Crippen molar-refractivity contribution in [2.45, 2.75) is 87.6 Å². The van der Waals surface area contributed by atoms with E-state index in [0.717, 1.165) is 42.2 Å². The maximum Gasteiger partial charge on any atom is 0.335 e. The summed E-state index contributed by atoms with van der Waals surface area (Å²) in [7, 11) is -5.84. The average molecular weight is 793 g/mol. The third-order valence-electron chi connectivity index (χ3n) is 9.66. The highest BCUT2D eigenvalue weighted by Gasteiger charge is 2.43. The number of hydrogen-bond acceptors (Lipinski definition) is 4. The second-order valence-corrected chi connectivity index (χ2v) is 17.0. The smallest absolute Gasteiger partial charge is 0.335 e. The predicted molar refractivity (Wildman–Crippen MR) is 189 cm³/mol. The normalized spacial score (nSPS) is 15.4. The van der Waals surface area contributed by atoms with Gasteiger partial charge in [0.25, 0.3) is 0 Å². The summed E-state index contributed by atoms with van der Waals surface area (Å²) in [5.41, 5.74) is 2.09. The molecule has 0 radical (unpaired) electrons. The third-order valence-corrected chi connectivity index (χ3v) is 11.9. The number of hydrogen-bond donors (Lipinski definition) is 2. The zero-order chi connectivity index (χ0) is 39.4. The van der Waals surface area contributed by atoms with Gasteiger partial charge in [0.05, 0.1) is 5.56 Å². The molecule has 1 atom stereocenters. The summed E-state index contributed by atoms with van der Waals surface area (Å²) < 4.78 is 118. The molecule has 2 saturated carbocycles. The van der Waals surface area contributed by atoms with Gasteiger partial charge in [-0.25, -0.2) is 39.6 Å². The Balaban J connectivity index is 1.56. The fourth-order valence-corrected chi connectivity index (χ4v) is 8.24. The lowest BCUT2D eigenvalue weighted by molar-refractivity contribution is -0.119. The van der Waals surface area contributed by atoms with E-state index in [1.54, 1.807) is 12.1 Å². The van der Waals surface area contributed by atoms with Crippen molar-refractivity contribution in [1.29, 1.82) is 0 Å². The number of benzene rings is 4. The second-order valence-electron chi connectivity index (χ2n) is 14.8. The third kappa shape index (κ3) is 8.01. The fourth-order valence-electron chi connectivity index (χ4n) is 6.34. The van der Waals surface area contributed by atoms with E-state index in [9.17, 15) is 40.7 Å². The van der Waals surface area contributed by atoms with Gasteiger partial charge < -0.3 is 10.4 Å². The molecular formula is C39H35ClF6N2O5S. The Labute approximate surface area is 313 Å². The van der Waals surface area contributed by atoms with Crippen molar-refractivity contribution >= 4 is 39.2 Å². The second kappa shape index (κ2) is 14.7.